The first kappa shape index (κ1) is 22.0. The third-order valence-corrected chi connectivity index (χ3v) is 5.58. The molecule has 1 aromatic carbocycles. The molecular weight excluding hydrogens is 451 g/mol. The third-order valence-electron chi connectivity index (χ3n) is 5.58. The van der Waals surface area contributed by atoms with Crippen LogP contribution in [0.4, 0.5) is 0 Å². The molecule has 0 bridgehead atoms. The van der Waals surface area contributed by atoms with E-state index in [1.54, 1.807) is 0 Å². The summed E-state index contributed by atoms with van der Waals surface area (Å²) in [7, 11) is 0. The van der Waals surface area contributed by atoms with Gasteiger partial charge in [0, 0.05) is 32.1 Å². The predicted octanol–water partition coefficient (Wildman–Crippen LogP) is 3.41. The number of piperidine rings is 1. The molecule has 1 saturated carbocycles. The number of hydrogen-bond donors (Lipinski definition) is 3. The van der Waals surface area contributed by atoms with Crippen LogP contribution >= 0.6 is 24.0 Å². The van der Waals surface area contributed by atoms with Crippen molar-refractivity contribution in [2.75, 3.05) is 19.6 Å². The number of aliphatic imine (C=N–C) groups is 1. The van der Waals surface area contributed by atoms with E-state index < -0.39 is 0 Å². The van der Waals surface area contributed by atoms with Crippen molar-refractivity contribution in [3.63, 3.8) is 0 Å². The summed E-state index contributed by atoms with van der Waals surface area (Å²) in [5, 5.41) is 9.74. The van der Waals surface area contributed by atoms with E-state index in [9.17, 15) is 4.79 Å². The number of benzene rings is 1. The molecule has 0 spiro atoms. The van der Waals surface area contributed by atoms with Crippen LogP contribution in [-0.2, 0) is 4.79 Å². The quantitative estimate of drug-likeness (QED) is 0.341. The first-order valence-corrected chi connectivity index (χ1v) is 10.1. The van der Waals surface area contributed by atoms with Crippen molar-refractivity contribution >= 4 is 35.8 Å². The summed E-state index contributed by atoms with van der Waals surface area (Å²) in [6.45, 7) is 4.51. The first-order valence-electron chi connectivity index (χ1n) is 10.1. The Bertz CT molecular complexity index is 589. The van der Waals surface area contributed by atoms with Gasteiger partial charge in [-0.3, -0.25) is 9.79 Å². The van der Waals surface area contributed by atoms with Gasteiger partial charge in [0.15, 0.2) is 5.96 Å². The summed E-state index contributed by atoms with van der Waals surface area (Å²) in [5.41, 5.74) is 1.49. The molecule has 1 unspecified atom stereocenters. The number of hydrogen-bond acceptors (Lipinski definition) is 2. The molecule has 0 radical (unpaired) electrons. The second-order valence-corrected chi connectivity index (χ2v) is 7.53. The number of carbonyl (C=O) groups is 1. The molecule has 3 rings (SSSR count). The lowest BCUT2D eigenvalue weighted by Gasteiger charge is -2.29. The van der Waals surface area contributed by atoms with E-state index in [0.717, 1.165) is 25.5 Å². The highest BCUT2D eigenvalue weighted by molar-refractivity contribution is 14.0. The summed E-state index contributed by atoms with van der Waals surface area (Å²) in [5.74, 6) is 2.43. The average Bonchev–Trinajstić information content (AvgIpc) is 2.69. The van der Waals surface area contributed by atoms with Gasteiger partial charge in [0.25, 0.3) is 0 Å². The Labute approximate surface area is 180 Å². The molecule has 150 valence electrons. The van der Waals surface area contributed by atoms with Gasteiger partial charge in [-0.15, -0.1) is 24.0 Å². The largest absolute Gasteiger partial charge is 0.357 e. The van der Waals surface area contributed by atoms with Crippen LogP contribution in [-0.4, -0.2) is 37.5 Å². The maximum absolute atomic E-state index is 11.3. The molecule has 1 heterocycles. The lowest BCUT2D eigenvalue weighted by molar-refractivity contribution is -0.122. The zero-order valence-electron chi connectivity index (χ0n) is 16.2. The molecule has 1 amide bonds. The Morgan fingerprint density at radius 2 is 1.89 bits per heavy atom. The van der Waals surface area contributed by atoms with Gasteiger partial charge in [-0.1, -0.05) is 30.3 Å². The minimum Gasteiger partial charge on any atom is -0.357 e. The lowest BCUT2D eigenvalue weighted by Crippen LogP contribution is -2.51. The zero-order chi connectivity index (χ0) is 18.2. The number of guanidine groups is 1. The molecule has 6 heteroatoms. The molecule has 1 aliphatic carbocycles. The second kappa shape index (κ2) is 11.5. The molecule has 1 aliphatic heterocycles. The minimum atomic E-state index is 0. The number of amides is 1. The van der Waals surface area contributed by atoms with Crippen LogP contribution < -0.4 is 16.0 Å². The highest BCUT2D eigenvalue weighted by atomic mass is 127. The predicted molar refractivity (Wildman–Crippen MR) is 122 cm³/mol. The first-order chi connectivity index (χ1) is 12.7. The van der Waals surface area contributed by atoms with Crippen LogP contribution in [0.25, 0.3) is 0 Å². The fraction of sp³-hybridized carbons (Fsp3) is 0.619. The van der Waals surface area contributed by atoms with E-state index in [0.29, 0.717) is 24.8 Å². The third kappa shape index (κ3) is 6.97. The normalized spacial score (nSPS) is 25.9. The molecule has 0 aromatic heterocycles. The maximum atomic E-state index is 11.3. The Hall–Kier alpha value is -1.31. The minimum absolute atomic E-state index is 0. The van der Waals surface area contributed by atoms with Crippen LogP contribution in [0.1, 0.15) is 56.9 Å². The van der Waals surface area contributed by atoms with Gasteiger partial charge in [0.05, 0.1) is 0 Å². The van der Waals surface area contributed by atoms with Crippen LogP contribution in [0.3, 0.4) is 0 Å². The molecule has 5 nitrogen and oxygen atoms in total. The molecule has 1 saturated heterocycles. The van der Waals surface area contributed by atoms with Crippen LogP contribution in [0, 0.1) is 5.92 Å². The van der Waals surface area contributed by atoms with Gasteiger partial charge >= 0.3 is 0 Å². The van der Waals surface area contributed by atoms with Crippen molar-refractivity contribution in [2.24, 2.45) is 10.9 Å². The number of nitrogens with one attached hydrogen (secondary N) is 3. The Morgan fingerprint density at radius 3 is 2.52 bits per heavy atom. The van der Waals surface area contributed by atoms with E-state index in [2.05, 4.69) is 53.2 Å². The van der Waals surface area contributed by atoms with Crippen molar-refractivity contribution in [1.29, 1.82) is 0 Å². The Kier molecular flexibility index (Phi) is 9.38. The fourth-order valence-electron chi connectivity index (χ4n) is 3.99. The highest BCUT2D eigenvalue weighted by Crippen LogP contribution is 2.35. The SMILES string of the molecule is CCNC(=NCC1CCC(c2ccccc2)CC1)NC1CCC(=O)NC1.I. The fourth-order valence-corrected chi connectivity index (χ4v) is 3.99. The van der Waals surface area contributed by atoms with E-state index in [-0.39, 0.29) is 35.9 Å². The Morgan fingerprint density at radius 1 is 1.15 bits per heavy atom. The molecule has 1 aromatic rings. The van der Waals surface area contributed by atoms with Gasteiger partial charge in [0.1, 0.15) is 0 Å². The summed E-state index contributed by atoms with van der Waals surface area (Å²) in [6.07, 6.45) is 6.51. The standard InChI is InChI=1S/C21H32N4O.HI/c1-2-22-21(25-19-12-13-20(26)23-15-19)24-14-16-8-10-18(11-9-16)17-6-4-3-5-7-17;/h3-7,16,18-19H,2,8-15H2,1H3,(H,23,26)(H2,22,24,25);1H. The number of nitrogens with zero attached hydrogens (tertiary/aromatic N) is 1. The van der Waals surface area contributed by atoms with E-state index in [1.165, 1.54) is 31.2 Å². The smallest absolute Gasteiger partial charge is 0.220 e. The van der Waals surface area contributed by atoms with Gasteiger partial charge in [0.2, 0.25) is 5.91 Å². The van der Waals surface area contributed by atoms with Gasteiger partial charge in [-0.25, -0.2) is 0 Å². The second-order valence-electron chi connectivity index (χ2n) is 7.53. The molecule has 2 aliphatic rings. The summed E-state index contributed by atoms with van der Waals surface area (Å²) < 4.78 is 0. The molecule has 2 fully saturated rings. The average molecular weight is 484 g/mol. The van der Waals surface area contributed by atoms with Gasteiger partial charge in [-0.2, -0.15) is 0 Å². The van der Waals surface area contributed by atoms with Gasteiger partial charge in [-0.05, 0) is 56.4 Å². The summed E-state index contributed by atoms with van der Waals surface area (Å²) >= 11 is 0. The molecule has 1 atom stereocenters. The lowest BCUT2D eigenvalue weighted by atomic mass is 9.79. The Balaban J connectivity index is 0.00000261. The van der Waals surface area contributed by atoms with Crippen molar-refractivity contribution < 1.29 is 4.79 Å². The molecule has 3 N–H and O–H groups in total. The van der Waals surface area contributed by atoms with Crippen LogP contribution in [0.2, 0.25) is 0 Å². The summed E-state index contributed by atoms with van der Waals surface area (Å²) in [4.78, 5) is 16.1. The van der Waals surface area contributed by atoms with E-state index >= 15 is 0 Å². The van der Waals surface area contributed by atoms with Crippen LogP contribution in [0.15, 0.2) is 35.3 Å². The number of halogens is 1. The number of rotatable bonds is 5. The molecular formula is C21H33IN4O. The number of carbonyl (C=O) groups excluding carboxylic acids is 1. The van der Waals surface area contributed by atoms with Crippen molar-refractivity contribution in [2.45, 2.75) is 57.4 Å². The monoisotopic (exact) mass is 484 g/mol. The maximum Gasteiger partial charge on any atom is 0.220 e. The highest BCUT2D eigenvalue weighted by Gasteiger charge is 2.23. The summed E-state index contributed by atoms with van der Waals surface area (Å²) in [6, 6.07) is 11.2. The van der Waals surface area contributed by atoms with Crippen molar-refractivity contribution in [3.8, 4) is 0 Å². The van der Waals surface area contributed by atoms with Crippen molar-refractivity contribution in [3.05, 3.63) is 35.9 Å². The zero-order valence-corrected chi connectivity index (χ0v) is 18.6. The van der Waals surface area contributed by atoms with Crippen LogP contribution in [0.5, 0.6) is 0 Å². The van der Waals surface area contributed by atoms with E-state index in [1.807, 2.05) is 0 Å². The van der Waals surface area contributed by atoms with E-state index in [4.69, 9.17) is 4.99 Å². The molecule has 27 heavy (non-hydrogen) atoms. The topological polar surface area (TPSA) is 65.5 Å². The van der Waals surface area contributed by atoms with Crippen molar-refractivity contribution in [1.82, 2.24) is 16.0 Å². The van der Waals surface area contributed by atoms with Gasteiger partial charge < -0.3 is 16.0 Å².